The van der Waals surface area contributed by atoms with E-state index in [2.05, 4.69) is 63.6 Å². The lowest BCUT2D eigenvalue weighted by molar-refractivity contribution is 1.00. The van der Waals surface area contributed by atoms with Gasteiger partial charge in [0.1, 0.15) is 0 Å². The summed E-state index contributed by atoms with van der Waals surface area (Å²) >= 11 is 0. The number of aromatic nitrogens is 1. The summed E-state index contributed by atoms with van der Waals surface area (Å²) in [6.45, 7) is 8.76. The molecular weight excluding hydrogens is 218 g/mol. The minimum atomic E-state index is 1.34. The van der Waals surface area contributed by atoms with Gasteiger partial charge in [-0.3, -0.25) is 0 Å². The second kappa shape index (κ2) is 3.61. The Morgan fingerprint density at radius 3 is 1.44 bits per heavy atom. The number of rotatable bonds is 0. The van der Waals surface area contributed by atoms with Crippen LogP contribution >= 0.6 is 0 Å². The van der Waals surface area contributed by atoms with Gasteiger partial charge in [0.2, 0.25) is 0 Å². The van der Waals surface area contributed by atoms with E-state index in [9.17, 15) is 0 Å². The third-order valence-electron chi connectivity index (χ3n) is 3.85. The summed E-state index contributed by atoms with van der Waals surface area (Å²) in [5, 5.41) is 2.77. The van der Waals surface area contributed by atoms with Crippen molar-refractivity contribution in [2.75, 3.05) is 0 Å². The Balaban J connectivity index is 2.67. The molecule has 0 spiro atoms. The molecule has 18 heavy (non-hydrogen) atoms. The van der Waals surface area contributed by atoms with Gasteiger partial charge >= 0.3 is 0 Å². The summed E-state index contributed by atoms with van der Waals surface area (Å²) in [6.07, 6.45) is 0. The number of hydrogen-bond acceptors (Lipinski definition) is 0. The quantitative estimate of drug-likeness (QED) is 0.540. The van der Waals surface area contributed by atoms with Crippen molar-refractivity contribution in [3.8, 4) is 0 Å². The molecule has 0 N–H and O–H groups in total. The minimum absolute atomic E-state index is 1.34. The van der Waals surface area contributed by atoms with Gasteiger partial charge in [-0.2, -0.15) is 0 Å². The largest absolute Gasteiger partial charge is 0.343 e. The average Bonchev–Trinajstić information content (AvgIpc) is 2.52. The molecule has 0 saturated carbocycles. The van der Waals surface area contributed by atoms with Crippen LogP contribution in [0.5, 0.6) is 0 Å². The van der Waals surface area contributed by atoms with Crippen LogP contribution in [0.15, 0.2) is 24.3 Å². The highest BCUT2D eigenvalue weighted by Gasteiger charge is 2.12. The first-order chi connectivity index (χ1) is 8.49. The first kappa shape index (κ1) is 11.3. The van der Waals surface area contributed by atoms with E-state index < -0.39 is 0 Å². The molecule has 0 aliphatic heterocycles. The molecule has 92 valence electrons. The summed E-state index contributed by atoms with van der Waals surface area (Å²) in [4.78, 5) is 0. The van der Waals surface area contributed by atoms with Crippen molar-refractivity contribution >= 4 is 21.8 Å². The number of nitrogens with zero attached hydrogens (tertiary/aromatic N) is 1. The molecule has 2 aromatic carbocycles. The Bertz CT molecular complexity index is 710. The summed E-state index contributed by atoms with van der Waals surface area (Å²) in [5.41, 5.74) is 8.13. The second-order valence-electron chi connectivity index (χ2n) is 5.51. The predicted molar refractivity (Wildman–Crippen MR) is 79.4 cm³/mol. The lowest BCUT2D eigenvalue weighted by Crippen LogP contribution is -1.91. The molecule has 0 atom stereocenters. The van der Waals surface area contributed by atoms with Crippen molar-refractivity contribution in [1.82, 2.24) is 4.57 Å². The highest BCUT2D eigenvalue weighted by atomic mass is 14.9. The Morgan fingerprint density at radius 2 is 1.06 bits per heavy atom. The Labute approximate surface area is 108 Å². The second-order valence-corrected chi connectivity index (χ2v) is 5.51. The van der Waals surface area contributed by atoms with Crippen LogP contribution in [0.3, 0.4) is 0 Å². The van der Waals surface area contributed by atoms with Crippen LogP contribution in [0.25, 0.3) is 21.8 Å². The summed E-state index contributed by atoms with van der Waals surface area (Å²) in [5.74, 6) is 0. The molecule has 0 aliphatic carbocycles. The molecule has 1 aromatic heterocycles. The molecule has 1 heterocycles. The van der Waals surface area contributed by atoms with E-state index in [-0.39, 0.29) is 0 Å². The SMILES string of the molecule is Cc1cc(C)c2c(c1)c1cc(C)cc(C)c1n2C. The normalized spacial score (nSPS) is 11.6. The van der Waals surface area contributed by atoms with E-state index in [1.807, 2.05) is 0 Å². The molecule has 0 saturated heterocycles. The van der Waals surface area contributed by atoms with Crippen molar-refractivity contribution in [3.05, 3.63) is 46.5 Å². The molecule has 3 rings (SSSR count). The van der Waals surface area contributed by atoms with Crippen molar-refractivity contribution < 1.29 is 0 Å². The van der Waals surface area contributed by atoms with Crippen molar-refractivity contribution in [2.24, 2.45) is 7.05 Å². The van der Waals surface area contributed by atoms with E-state index in [0.717, 1.165) is 0 Å². The molecule has 0 unspecified atom stereocenters. The molecular formula is C17H19N. The summed E-state index contributed by atoms with van der Waals surface area (Å²) in [6, 6.07) is 9.15. The first-order valence-electron chi connectivity index (χ1n) is 6.45. The van der Waals surface area contributed by atoms with Crippen molar-refractivity contribution in [1.29, 1.82) is 0 Å². The minimum Gasteiger partial charge on any atom is -0.343 e. The molecule has 0 aliphatic rings. The van der Waals surface area contributed by atoms with Gasteiger partial charge in [0, 0.05) is 17.8 Å². The molecule has 0 amide bonds. The van der Waals surface area contributed by atoms with Gasteiger partial charge < -0.3 is 4.57 Å². The summed E-state index contributed by atoms with van der Waals surface area (Å²) < 4.78 is 2.34. The lowest BCUT2D eigenvalue weighted by Gasteiger charge is -2.04. The maximum atomic E-state index is 2.34. The van der Waals surface area contributed by atoms with E-state index in [4.69, 9.17) is 0 Å². The molecule has 0 bridgehead atoms. The van der Waals surface area contributed by atoms with Crippen LogP contribution in [-0.2, 0) is 7.05 Å². The summed E-state index contributed by atoms with van der Waals surface area (Å²) in [7, 11) is 2.18. The van der Waals surface area contributed by atoms with Gasteiger partial charge in [0.25, 0.3) is 0 Å². The predicted octanol–water partition coefficient (Wildman–Crippen LogP) is 4.57. The fraction of sp³-hybridized carbons (Fsp3) is 0.294. The van der Waals surface area contributed by atoms with Crippen LogP contribution in [0.1, 0.15) is 22.3 Å². The molecule has 0 fully saturated rings. The number of fused-ring (bicyclic) bond motifs is 3. The third-order valence-corrected chi connectivity index (χ3v) is 3.85. The monoisotopic (exact) mass is 237 g/mol. The highest BCUT2D eigenvalue weighted by molar-refractivity contribution is 6.10. The zero-order chi connectivity index (χ0) is 13.0. The van der Waals surface area contributed by atoms with Crippen LogP contribution in [0.4, 0.5) is 0 Å². The van der Waals surface area contributed by atoms with Gasteiger partial charge in [-0.15, -0.1) is 0 Å². The lowest BCUT2D eigenvalue weighted by atomic mass is 10.0. The van der Waals surface area contributed by atoms with Crippen molar-refractivity contribution in [2.45, 2.75) is 27.7 Å². The molecule has 0 radical (unpaired) electrons. The topological polar surface area (TPSA) is 4.93 Å². The van der Waals surface area contributed by atoms with E-state index in [1.165, 1.54) is 44.1 Å². The van der Waals surface area contributed by atoms with Crippen LogP contribution in [-0.4, -0.2) is 4.57 Å². The van der Waals surface area contributed by atoms with Crippen molar-refractivity contribution in [3.63, 3.8) is 0 Å². The van der Waals surface area contributed by atoms with E-state index in [1.54, 1.807) is 0 Å². The van der Waals surface area contributed by atoms with Crippen LogP contribution in [0.2, 0.25) is 0 Å². The maximum Gasteiger partial charge on any atom is 0.0518 e. The fourth-order valence-electron chi connectivity index (χ4n) is 3.33. The zero-order valence-corrected chi connectivity index (χ0v) is 11.8. The molecule has 3 aromatic rings. The Hall–Kier alpha value is -1.76. The van der Waals surface area contributed by atoms with Gasteiger partial charge in [0.05, 0.1) is 11.0 Å². The fourth-order valence-corrected chi connectivity index (χ4v) is 3.33. The van der Waals surface area contributed by atoms with E-state index >= 15 is 0 Å². The van der Waals surface area contributed by atoms with Gasteiger partial charge in [-0.05, 0) is 51.0 Å². The Kier molecular flexibility index (Phi) is 2.28. The van der Waals surface area contributed by atoms with Gasteiger partial charge in [-0.25, -0.2) is 0 Å². The average molecular weight is 237 g/mol. The van der Waals surface area contributed by atoms with Crippen LogP contribution in [0, 0.1) is 27.7 Å². The molecule has 1 nitrogen and oxygen atoms in total. The van der Waals surface area contributed by atoms with Crippen LogP contribution < -0.4 is 0 Å². The van der Waals surface area contributed by atoms with E-state index in [0.29, 0.717) is 0 Å². The molecule has 1 heteroatoms. The number of aryl methyl sites for hydroxylation is 5. The smallest absolute Gasteiger partial charge is 0.0518 e. The number of benzene rings is 2. The Morgan fingerprint density at radius 1 is 0.667 bits per heavy atom. The van der Waals surface area contributed by atoms with Gasteiger partial charge in [-0.1, -0.05) is 23.3 Å². The number of hydrogen-bond donors (Lipinski definition) is 0. The van der Waals surface area contributed by atoms with Gasteiger partial charge in [0.15, 0.2) is 0 Å². The standard InChI is InChI=1S/C17H19N/c1-10-6-12(3)16-14(8-10)15-9-11(2)7-13(4)17(15)18(16)5/h6-9H,1-5H3. The third kappa shape index (κ3) is 1.40. The highest BCUT2D eigenvalue weighted by Crippen LogP contribution is 2.33. The maximum absolute atomic E-state index is 2.34. The first-order valence-corrected chi connectivity index (χ1v) is 6.45. The zero-order valence-electron chi connectivity index (χ0n) is 11.8.